The van der Waals surface area contributed by atoms with Crippen LogP contribution in [-0.2, 0) is 32.7 Å². The van der Waals surface area contributed by atoms with E-state index in [1.165, 1.54) is 64.2 Å². The average Bonchev–Trinajstić information content (AvgIpc) is 3.33. The van der Waals surface area contributed by atoms with E-state index in [0.717, 1.165) is 103 Å². The molecule has 0 aromatic heterocycles. The van der Waals surface area contributed by atoms with Crippen LogP contribution in [0.3, 0.4) is 0 Å². The molecule has 69 heavy (non-hydrogen) atoms. The summed E-state index contributed by atoms with van der Waals surface area (Å²) in [4.78, 5) is 35.9. The predicted molar refractivity (Wildman–Crippen MR) is 276 cm³/mol. The minimum atomic E-state index is -5.13. The summed E-state index contributed by atoms with van der Waals surface area (Å²) in [5, 5.41) is 50.3. The minimum Gasteiger partial charge on any atom is -0.462 e. The van der Waals surface area contributed by atoms with Gasteiger partial charge in [-0.05, 0) is 83.5 Å². The van der Waals surface area contributed by atoms with Crippen LogP contribution in [0.25, 0.3) is 0 Å². The van der Waals surface area contributed by atoms with Gasteiger partial charge in [0.1, 0.15) is 43.2 Å². The number of rotatable bonds is 44. The van der Waals surface area contributed by atoms with Crippen LogP contribution in [0.15, 0.2) is 72.9 Å². The summed E-state index contributed by atoms with van der Waals surface area (Å²) in [5.41, 5.74) is 0. The Bertz CT molecular complexity index is 1480. The van der Waals surface area contributed by atoms with E-state index in [0.29, 0.717) is 12.8 Å². The number of hydrogen-bond acceptors (Lipinski definition) is 12. The first-order valence-electron chi connectivity index (χ1n) is 26.7. The summed E-state index contributed by atoms with van der Waals surface area (Å²) in [5.74, 6) is -1.12. The van der Waals surface area contributed by atoms with Crippen LogP contribution in [0.2, 0.25) is 0 Å². The molecular formula is C55H95O13P. The van der Waals surface area contributed by atoms with E-state index >= 15 is 0 Å². The molecule has 0 amide bonds. The van der Waals surface area contributed by atoms with E-state index in [1.807, 2.05) is 0 Å². The lowest BCUT2D eigenvalue weighted by atomic mass is 9.85. The second kappa shape index (κ2) is 44.0. The first-order valence-corrected chi connectivity index (χ1v) is 28.2. The molecule has 0 bridgehead atoms. The Morgan fingerprint density at radius 1 is 0.464 bits per heavy atom. The number of carbonyl (C=O) groups excluding carboxylic acids is 2. The van der Waals surface area contributed by atoms with Crippen LogP contribution in [0.5, 0.6) is 0 Å². The summed E-state index contributed by atoms with van der Waals surface area (Å²) in [6.07, 6.45) is 43.7. The highest BCUT2D eigenvalue weighted by Crippen LogP contribution is 2.47. The van der Waals surface area contributed by atoms with Gasteiger partial charge in [0.15, 0.2) is 6.10 Å². The molecule has 0 spiro atoms. The first-order chi connectivity index (χ1) is 33.4. The number of carbonyl (C=O) groups is 2. The summed E-state index contributed by atoms with van der Waals surface area (Å²) >= 11 is 0. The normalized spacial score (nSPS) is 21.4. The van der Waals surface area contributed by atoms with Crippen LogP contribution < -0.4 is 0 Å². The third kappa shape index (κ3) is 36.0. The topological polar surface area (TPSA) is 210 Å². The zero-order valence-electron chi connectivity index (χ0n) is 42.6. The Morgan fingerprint density at radius 2 is 0.826 bits per heavy atom. The lowest BCUT2D eigenvalue weighted by Crippen LogP contribution is -2.64. The van der Waals surface area contributed by atoms with Crippen molar-refractivity contribution in [2.24, 2.45) is 0 Å². The highest BCUT2D eigenvalue weighted by molar-refractivity contribution is 7.47. The molecular weight excluding hydrogens is 900 g/mol. The van der Waals surface area contributed by atoms with E-state index in [4.69, 9.17) is 18.5 Å². The molecule has 14 heteroatoms. The summed E-state index contributed by atoms with van der Waals surface area (Å²) in [7, 11) is -5.13. The van der Waals surface area contributed by atoms with Gasteiger partial charge in [-0.15, -0.1) is 0 Å². The number of aliphatic hydroxyl groups excluding tert-OH is 5. The number of ether oxygens (including phenoxy) is 2. The largest absolute Gasteiger partial charge is 0.472 e. The van der Waals surface area contributed by atoms with Crippen molar-refractivity contribution in [1.29, 1.82) is 0 Å². The van der Waals surface area contributed by atoms with Crippen LogP contribution >= 0.6 is 7.82 Å². The quantitative estimate of drug-likeness (QED) is 0.0145. The van der Waals surface area contributed by atoms with Crippen LogP contribution in [-0.4, -0.2) is 98.3 Å². The molecule has 0 aromatic rings. The molecule has 6 atom stereocenters. The Morgan fingerprint density at radius 3 is 1.26 bits per heavy atom. The predicted octanol–water partition coefficient (Wildman–Crippen LogP) is 11.8. The van der Waals surface area contributed by atoms with E-state index in [1.54, 1.807) is 0 Å². The van der Waals surface area contributed by atoms with Crippen LogP contribution in [0, 0.1) is 0 Å². The summed E-state index contributed by atoms with van der Waals surface area (Å²) in [6.45, 7) is 3.18. The second-order valence-corrected chi connectivity index (χ2v) is 19.8. The molecule has 0 radical (unpaired) electrons. The number of esters is 2. The van der Waals surface area contributed by atoms with Crippen LogP contribution in [0.1, 0.15) is 206 Å². The van der Waals surface area contributed by atoms with Crippen LogP contribution in [0.4, 0.5) is 0 Å². The molecule has 0 saturated heterocycles. The van der Waals surface area contributed by atoms with Gasteiger partial charge >= 0.3 is 19.8 Å². The van der Waals surface area contributed by atoms with Gasteiger partial charge < -0.3 is 39.9 Å². The molecule has 1 fully saturated rings. The van der Waals surface area contributed by atoms with Gasteiger partial charge in [-0.3, -0.25) is 18.6 Å². The molecule has 1 saturated carbocycles. The third-order valence-electron chi connectivity index (χ3n) is 12.0. The molecule has 0 heterocycles. The van der Waals surface area contributed by atoms with E-state index < -0.39 is 75.7 Å². The zero-order chi connectivity index (χ0) is 50.6. The molecule has 13 nitrogen and oxygen atoms in total. The zero-order valence-corrected chi connectivity index (χ0v) is 43.5. The summed E-state index contributed by atoms with van der Waals surface area (Å²) < 4.78 is 33.7. The molecule has 1 rings (SSSR count). The fraction of sp³-hybridized carbons (Fsp3) is 0.745. The average molecular weight is 995 g/mol. The maximum absolute atomic E-state index is 12.9. The molecule has 1 aliphatic rings. The van der Waals surface area contributed by atoms with Crippen molar-refractivity contribution < 1.29 is 63.1 Å². The van der Waals surface area contributed by atoms with Crippen molar-refractivity contribution in [2.45, 2.75) is 249 Å². The smallest absolute Gasteiger partial charge is 0.462 e. The Hall–Kier alpha value is -2.71. The van der Waals surface area contributed by atoms with Gasteiger partial charge in [0, 0.05) is 12.8 Å². The summed E-state index contributed by atoms with van der Waals surface area (Å²) in [6, 6.07) is 0. The maximum Gasteiger partial charge on any atom is 0.472 e. The SMILES string of the molecule is CC/C=C\C/C=C\C/C=C\C/C=C\CCCCCCCCC(=O)OC(COC(=O)CCCCCCCCCCC/C=C\C/C=C\CCCCCCC)COP(=O)(O)OC1C(O)C(O)C(O)C(O)C1O. The van der Waals surface area contributed by atoms with E-state index in [9.17, 15) is 44.6 Å². The Labute approximate surface area is 416 Å². The molecule has 0 aliphatic heterocycles. The lowest BCUT2D eigenvalue weighted by Gasteiger charge is -2.41. The fourth-order valence-electron chi connectivity index (χ4n) is 7.78. The van der Waals surface area contributed by atoms with E-state index in [2.05, 4.69) is 86.8 Å². The van der Waals surface area contributed by atoms with Crippen molar-refractivity contribution in [1.82, 2.24) is 0 Å². The Balaban J connectivity index is 2.39. The highest BCUT2D eigenvalue weighted by atomic mass is 31.2. The number of allylic oxidation sites excluding steroid dienone is 12. The van der Waals surface area contributed by atoms with Gasteiger partial charge in [0.25, 0.3) is 0 Å². The molecule has 398 valence electrons. The van der Waals surface area contributed by atoms with Gasteiger partial charge in [0.2, 0.25) is 0 Å². The maximum atomic E-state index is 12.9. The standard InChI is InChI=1S/C55H95O13P/c1-3-5-7-9-11-13-15-17-19-21-23-24-26-27-29-31-33-35-37-39-41-43-48(56)65-45-47(46-66-69(63,64)68-55-53(61)51(59)50(58)52(60)54(55)62)67-49(57)44-42-40-38-36-34-32-30-28-25-22-20-18-16-14-12-10-8-6-4-2/h6,8,12,14-15,17-18,20-21,23,25,28,47,50-55,58-62H,3-5,7,9-11,13,16,19,22,24,26-27,29-46H2,1-2H3,(H,63,64)/b8-6-,14-12-,17-15-,20-18-,23-21-,28-25-. The van der Waals surface area contributed by atoms with Crippen molar-refractivity contribution in [3.8, 4) is 0 Å². The van der Waals surface area contributed by atoms with E-state index in [-0.39, 0.29) is 12.8 Å². The number of unbranched alkanes of at least 4 members (excludes halogenated alkanes) is 20. The third-order valence-corrected chi connectivity index (χ3v) is 13.0. The van der Waals surface area contributed by atoms with Gasteiger partial charge in [-0.25, -0.2) is 4.57 Å². The van der Waals surface area contributed by atoms with Gasteiger partial charge in [0.05, 0.1) is 6.61 Å². The minimum absolute atomic E-state index is 0.0764. The van der Waals surface area contributed by atoms with Crippen molar-refractivity contribution in [3.05, 3.63) is 72.9 Å². The molecule has 1 aliphatic carbocycles. The Kier molecular flexibility index (Phi) is 41.0. The molecule has 6 unspecified atom stereocenters. The molecule has 6 N–H and O–H groups in total. The van der Waals surface area contributed by atoms with Crippen molar-refractivity contribution >= 4 is 19.8 Å². The second-order valence-electron chi connectivity index (χ2n) is 18.3. The van der Waals surface area contributed by atoms with Gasteiger partial charge in [-0.2, -0.15) is 0 Å². The number of aliphatic hydroxyl groups is 5. The fourth-order valence-corrected chi connectivity index (χ4v) is 8.75. The number of hydrogen-bond donors (Lipinski definition) is 6. The monoisotopic (exact) mass is 995 g/mol. The molecule has 0 aromatic carbocycles. The lowest BCUT2D eigenvalue weighted by molar-refractivity contribution is -0.220. The highest BCUT2D eigenvalue weighted by Gasteiger charge is 2.51. The van der Waals surface area contributed by atoms with Crippen molar-refractivity contribution in [2.75, 3.05) is 13.2 Å². The number of phosphoric acid groups is 1. The van der Waals surface area contributed by atoms with Crippen molar-refractivity contribution in [3.63, 3.8) is 0 Å². The van der Waals surface area contributed by atoms with Gasteiger partial charge in [-0.1, -0.05) is 183 Å². The number of phosphoric ester groups is 1. The first kappa shape index (κ1) is 64.3.